The van der Waals surface area contributed by atoms with E-state index in [4.69, 9.17) is 4.74 Å². The van der Waals surface area contributed by atoms with Crippen molar-refractivity contribution in [3.8, 4) is 0 Å². The zero-order valence-corrected chi connectivity index (χ0v) is 13.8. The van der Waals surface area contributed by atoms with Gasteiger partial charge in [-0.3, -0.25) is 4.90 Å². The van der Waals surface area contributed by atoms with Gasteiger partial charge in [0.2, 0.25) is 0 Å². The topological polar surface area (TPSA) is 29.5 Å². The largest absolute Gasteiger partial charge is 0.461 e. The smallest absolute Gasteiger partial charge is 0.338 e. The Morgan fingerprint density at radius 1 is 1.05 bits per heavy atom. The number of benzene rings is 1. The lowest BCUT2D eigenvalue weighted by molar-refractivity contribution is 0.0450. The SMILES string of the molecule is Cc1cc(C)c(C)c(C(=O)OCCN2CCCCC2)c1C. The Morgan fingerprint density at radius 2 is 1.62 bits per heavy atom. The molecule has 0 amide bonds. The molecule has 3 heteroatoms. The molecule has 1 aromatic carbocycles. The molecule has 0 N–H and O–H groups in total. The van der Waals surface area contributed by atoms with Crippen molar-refractivity contribution in [3.63, 3.8) is 0 Å². The second kappa shape index (κ2) is 7.08. The van der Waals surface area contributed by atoms with Gasteiger partial charge in [0.15, 0.2) is 0 Å². The van der Waals surface area contributed by atoms with Gasteiger partial charge in [-0.05, 0) is 75.9 Å². The molecule has 3 nitrogen and oxygen atoms in total. The van der Waals surface area contributed by atoms with Crippen LogP contribution in [0.5, 0.6) is 0 Å². The van der Waals surface area contributed by atoms with Crippen LogP contribution in [0, 0.1) is 27.7 Å². The molecule has 0 bridgehead atoms. The highest BCUT2D eigenvalue weighted by Crippen LogP contribution is 2.22. The van der Waals surface area contributed by atoms with Gasteiger partial charge in [-0.25, -0.2) is 4.79 Å². The third-order valence-electron chi connectivity index (χ3n) is 4.66. The number of ether oxygens (including phenoxy) is 1. The summed E-state index contributed by atoms with van der Waals surface area (Å²) in [5.74, 6) is -0.172. The number of esters is 1. The maximum atomic E-state index is 12.4. The summed E-state index contributed by atoms with van der Waals surface area (Å²) in [5, 5.41) is 0. The van der Waals surface area contributed by atoms with Crippen molar-refractivity contribution >= 4 is 5.97 Å². The first kappa shape index (κ1) is 16.0. The fourth-order valence-corrected chi connectivity index (χ4v) is 3.05. The minimum absolute atomic E-state index is 0.172. The molecule has 1 saturated heterocycles. The fourth-order valence-electron chi connectivity index (χ4n) is 3.05. The number of aryl methyl sites for hydroxylation is 2. The Morgan fingerprint density at radius 3 is 2.19 bits per heavy atom. The molecule has 0 aromatic heterocycles. The van der Waals surface area contributed by atoms with Gasteiger partial charge >= 0.3 is 5.97 Å². The average molecular weight is 289 g/mol. The van der Waals surface area contributed by atoms with Crippen LogP contribution in [0.1, 0.15) is 51.9 Å². The van der Waals surface area contributed by atoms with Gasteiger partial charge in [0.25, 0.3) is 0 Å². The number of rotatable bonds is 4. The summed E-state index contributed by atoms with van der Waals surface area (Å²) in [6.07, 6.45) is 3.86. The fraction of sp³-hybridized carbons (Fsp3) is 0.611. The molecule has 1 aliphatic heterocycles. The van der Waals surface area contributed by atoms with Crippen LogP contribution in [0.15, 0.2) is 6.07 Å². The molecule has 2 rings (SSSR count). The Labute approximate surface area is 128 Å². The predicted octanol–water partition coefficient (Wildman–Crippen LogP) is 3.56. The molecule has 1 aliphatic rings. The van der Waals surface area contributed by atoms with E-state index < -0.39 is 0 Å². The molecule has 0 atom stereocenters. The number of hydrogen-bond donors (Lipinski definition) is 0. The van der Waals surface area contributed by atoms with Crippen molar-refractivity contribution in [1.29, 1.82) is 0 Å². The number of nitrogens with zero attached hydrogens (tertiary/aromatic N) is 1. The van der Waals surface area contributed by atoms with E-state index in [2.05, 4.69) is 11.0 Å². The van der Waals surface area contributed by atoms with Crippen LogP contribution in [0.2, 0.25) is 0 Å². The normalized spacial score (nSPS) is 16.0. The standard InChI is InChI=1S/C18H27NO2/c1-13-12-14(2)16(4)17(15(13)3)18(20)21-11-10-19-8-6-5-7-9-19/h12H,5-11H2,1-4H3. The van der Waals surface area contributed by atoms with E-state index in [1.807, 2.05) is 27.7 Å². The van der Waals surface area contributed by atoms with Crippen molar-refractivity contribution in [2.24, 2.45) is 0 Å². The van der Waals surface area contributed by atoms with Gasteiger partial charge in [-0.1, -0.05) is 12.5 Å². The predicted molar refractivity (Wildman–Crippen MR) is 86.0 cm³/mol. The lowest BCUT2D eigenvalue weighted by atomic mass is 9.94. The molecular formula is C18H27NO2. The highest BCUT2D eigenvalue weighted by molar-refractivity contribution is 5.93. The number of likely N-dealkylation sites (tertiary alicyclic amines) is 1. The third-order valence-corrected chi connectivity index (χ3v) is 4.66. The van der Waals surface area contributed by atoms with Gasteiger partial charge in [0.05, 0.1) is 5.56 Å². The molecule has 0 unspecified atom stereocenters. The van der Waals surface area contributed by atoms with Crippen LogP contribution < -0.4 is 0 Å². The van der Waals surface area contributed by atoms with E-state index in [1.54, 1.807) is 0 Å². The average Bonchev–Trinajstić information content (AvgIpc) is 2.46. The highest BCUT2D eigenvalue weighted by Gasteiger charge is 2.17. The van der Waals surface area contributed by atoms with E-state index in [1.165, 1.54) is 19.3 Å². The molecule has 0 saturated carbocycles. The minimum atomic E-state index is -0.172. The van der Waals surface area contributed by atoms with Gasteiger partial charge in [-0.2, -0.15) is 0 Å². The molecule has 0 spiro atoms. The molecule has 1 aromatic rings. The zero-order chi connectivity index (χ0) is 15.4. The Bertz CT molecular complexity index is 490. The van der Waals surface area contributed by atoms with Gasteiger partial charge in [-0.15, -0.1) is 0 Å². The highest BCUT2D eigenvalue weighted by atomic mass is 16.5. The van der Waals surface area contributed by atoms with Crippen LogP contribution >= 0.6 is 0 Å². The van der Waals surface area contributed by atoms with Crippen molar-refractivity contribution in [2.75, 3.05) is 26.2 Å². The molecular weight excluding hydrogens is 262 g/mol. The first-order valence-electron chi connectivity index (χ1n) is 7.97. The molecule has 0 aliphatic carbocycles. The van der Waals surface area contributed by atoms with Crippen molar-refractivity contribution in [3.05, 3.63) is 33.9 Å². The summed E-state index contributed by atoms with van der Waals surface area (Å²) in [5.41, 5.74) is 5.15. The van der Waals surface area contributed by atoms with Crippen molar-refractivity contribution < 1.29 is 9.53 Å². The second-order valence-corrected chi connectivity index (χ2v) is 6.17. The molecule has 1 fully saturated rings. The first-order valence-corrected chi connectivity index (χ1v) is 7.97. The second-order valence-electron chi connectivity index (χ2n) is 6.17. The van der Waals surface area contributed by atoms with Gasteiger partial charge in [0.1, 0.15) is 6.61 Å². The van der Waals surface area contributed by atoms with Crippen LogP contribution in [-0.2, 0) is 4.74 Å². The molecule has 1 heterocycles. The Hall–Kier alpha value is -1.35. The van der Waals surface area contributed by atoms with Crippen molar-refractivity contribution in [2.45, 2.75) is 47.0 Å². The Kier molecular flexibility index (Phi) is 5.40. The van der Waals surface area contributed by atoms with E-state index >= 15 is 0 Å². The number of carbonyl (C=O) groups is 1. The van der Waals surface area contributed by atoms with Crippen LogP contribution in [0.25, 0.3) is 0 Å². The summed E-state index contributed by atoms with van der Waals surface area (Å²) in [4.78, 5) is 14.8. The summed E-state index contributed by atoms with van der Waals surface area (Å²) < 4.78 is 5.52. The maximum Gasteiger partial charge on any atom is 0.338 e. The number of piperidine rings is 1. The lowest BCUT2D eigenvalue weighted by Crippen LogP contribution is -2.33. The summed E-state index contributed by atoms with van der Waals surface area (Å²) >= 11 is 0. The lowest BCUT2D eigenvalue weighted by Gasteiger charge is -2.26. The quantitative estimate of drug-likeness (QED) is 0.794. The monoisotopic (exact) mass is 289 g/mol. The number of hydrogen-bond acceptors (Lipinski definition) is 3. The number of carbonyl (C=O) groups excluding carboxylic acids is 1. The van der Waals surface area contributed by atoms with Crippen LogP contribution in [0.4, 0.5) is 0 Å². The van der Waals surface area contributed by atoms with Crippen LogP contribution in [-0.4, -0.2) is 37.1 Å². The minimum Gasteiger partial charge on any atom is -0.461 e. The van der Waals surface area contributed by atoms with Crippen LogP contribution in [0.3, 0.4) is 0 Å². The molecule has 0 radical (unpaired) electrons. The van der Waals surface area contributed by atoms with Gasteiger partial charge in [0, 0.05) is 6.54 Å². The first-order chi connectivity index (χ1) is 10.0. The summed E-state index contributed by atoms with van der Waals surface area (Å²) in [7, 11) is 0. The van der Waals surface area contributed by atoms with E-state index in [-0.39, 0.29) is 5.97 Å². The molecule has 21 heavy (non-hydrogen) atoms. The maximum absolute atomic E-state index is 12.4. The molecule has 116 valence electrons. The summed E-state index contributed by atoms with van der Waals surface area (Å²) in [6, 6.07) is 2.13. The van der Waals surface area contributed by atoms with Gasteiger partial charge < -0.3 is 4.74 Å². The van der Waals surface area contributed by atoms with E-state index in [0.717, 1.165) is 47.5 Å². The summed E-state index contributed by atoms with van der Waals surface area (Å²) in [6.45, 7) is 11.7. The van der Waals surface area contributed by atoms with E-state index in [0.29, 0.717) is 6.61 Å². The third kappa shape index (κ3) is 3.85. The van der Waals surface area contributed by atoms with E-state index in [9.17, 15) is 4.79 Å². The Balaban J connectivity index is 1.97. The zero-order valence-electron chi connectivity index (χ0n) is 13.8. The van der Waals surface area contributed by atoms with Crippen molar-refractivity contribution in [1.82, 2.24) is 4.90 Å².